The average Bonchev–Trinajstić information content (AvgIpc) is 3.25. The Morgan fingerprint density at radius 3 is 2.26 bits per heavy atom. The Kier molecular flexibility index (Phi) is 6.19. The zero-order valence-corrected chi connectivity index (χ0v) is 19.8. The highest BCUT2D eigenvalue weighted by Crippen LogP contribution is 2.34. The van der Waals surface area contributed by atoms with Crippen molar-refractivity contribution in [3.8, 4) is 0 Å². The number of benzene rings is 3. The molecule has 1 amide bonds. The van der Waals surface area contributed by atoms with Crippen molar-refractivity contribution in [3.05, 3.63) is 102 Å². The molecule has 1 N–H and O–H groups in total. The lowest BCUT2D eigenvalue weighted by molar-refractivity contribution is -0.606. The number of rotatable bonds is 4. The van der Waals surface area contributed by atoms with Crippen LogP contribution >= 0.6 is 10.7 Å². The monoisotopic (exact) mass is 477 g/mol. The van der Waals surface area contributed by atoms with Gasteiger partial charge >= 0.3 is 0 Å². The fourth-order valence-corrected chi connectivity index (χ4v) is 6.48. The van der Waals surface area contributed by atoms with E-state index in [1.54, 1.807) is 0 Å². The number of piperidine rings is 1. The standard InChI is InChI=1S/C28H26F2N2OS/c1-2-34(23-14-12-22(13-15-23)27(33)31-18-16-28(29,30)17-19-31)32-20-25(21-8-4-3-5-9-21)24-10-6-7-11-26(24)32/h2-15,20H,16-19H2,1H3/p+1. The van der Waals surface area contributed by atoms with Gasteiger partial charge in [0.15, 0.2) is 5.69 Å². The minimum absolute atomic E-state index is 0.0997. The third-order valence-electron chi connectivity index (χ3n) is 6.45. The van der Waals surface area contributed by atoms with E-state index < -0.39 is 5.92 Å². The molecule has 0 aromatic heterocycles. The summed E-state index contributed by atoms with van der Waals surface area (Å²) in [4.78, 5) is 15.5. The summed E-state index contributed by atoms with van der Waals surface area (Å²) in [6.07, 6.45) is 1.76. The first-order chi connectivity index (χ1) is 16.5. The Hall–Kier alpha value is -3.09. The van der Waals surface area contributed by atoms with E-state index in [9.17, 15) is 13.6 Å². The van der Waals surface area contributed by atoms with Gasteiger partial charge in [-0.1, -0.05) is 42.5 Å². The number of halogens is 2. The molecule has 2 atom stereocenters. The molecule has 2 aliphatic heterocycles. The molecular weight excluding hydrogens is 450 g/mol. The van der Waals surface area contributed by atoms with Crippen LogP contribution in [0.1, 0.15) is 41.3 Å². The van der Waals surface area contributed by atoms with Gasteiger partial charge in [-0.25, -0.2) is 13.1 Å². The number of para-hydroxylation sites is 1. The molecule has 0 saturated carbocycles. The molecule has 6 heteroatoms. The maximum absolute atomic E-state index is 13.5. The predicted molar refractivity (Wildman–Crippen MR) is 135 cm³/mol. The Bertz CT molecular complexity index is 1260. The minimum atomic E-state index is -2.66. The van der Waals surface area contributed by atoms with Gasteiger partial charge in [-0.15, -0.1) is 0 Å². The predicted octanol–water partition coefficient (Wildman–Crippen LogP) is 5.54. The topological polar surface area (TPSA) is 24.8 Å². The third-order valence-corrected chi connectivity index (χ3v) is 8.52. The molecule has 1 fully saturated rings. The number of hydrogen-bond acceptors (Lipinski definition) is 1. The van der Waals surface area contributed by atoms with Crippen molar-refractivity contribution in [2.75, 3.05) is 13.1 Å². The summed E-state index contributed by atoms with van der Waals surface area (Å²) in [5.41, 5.74) is 5.43. The first-order valence-electron chi connectivity index (χ1n) is 11.5. The van der Waals surface area contributed by atoms with Gasteiger partial charge in [-0.2, -0.15) is 0 Å². The molecule has 2 aliphatic rings. The molecule has 1 saturated heterocycles. The second-order valence-corrected chi connectivity index (χ2v) is 10.6. The summed E-state index contributed by atoms with van der Waals surface area (Å²) in [5.74, 6) is -2.83. The van der Waals surface area contributed by atoms with E-state index in [1.165, 1.54) is 31.6 Å². The molecular formula is C28H27F2N2OS+. The molecule has 174 valence electrons. The Balaban J connectivity index is 1.41. The van der Waals surface area contributed by atoms with E-state index in [1.807, 2.05) is 30.3 Å². The van der Waals surface area contributed by atoms with E-state index in [0.717, 1.165) is 4.90 Å². The molecule has 0 aliphatic carbocycles. The molecule has 2 heterocycles. The number of hydrogen-bond donors (Lipinski definition) is 1. The van der Waals surface area contributed by atoms with Gasteiger partial charge in [0, 0.05) is 53.8 Å². The van der Waals surface area contributed by atoms with Crippen molar-refractivity contribution >= 4 is 33.2 Å². The van der Waals surface area contributed by atoms with E-state index in [-0.39, 0.29) is 42.5 Å². The molecule has 3 aromatic rings. The number of quaternary nitrogens is 1. The lowest BCUT2D eigenvalue weighted by atomic mass is 10.00. The van der Waals surface area contributed by atoms with Crippen LogP contribution in [0.3, 0.4) is 0 Å². The van der Waals surface area contributed by atoms with Gasteiger partial charge in [-0.3, -0.25) is 4.79 Å². The molecule has 0 spiro atoms. The molecule has 5 rings (SSSR count). The molecule has 0 radical (unpaired) electrons. The normalized spacial score (nSPS) is 20.0. The zero-order valence-electron chi connectivity index (χ0n) is 19.0. The van der Waals surface area contributed by atoms with Gasteiger partial charge in [0.25, 0.3) is 11.8 Å². The number of carbonyl (C=O) groups is 1. The number of fused-ring (bicyclic) bond motifs is 1. The highest BCUT2D eigenvalue weighted by molar-refractivity contribution is 8.09. The Morgan fingerprint density at radius 1 is 0.941 bits per heavy atom. The van der Waals surface area contributed by atoms with Gasteiger partial charge in [0.05, 0.1) is 10.5 Å². The van der Waals surface area contributed by atoms with Crippen LogP contribution in [-0.2, 0) is 0 Å². The van der Waals surface area contributed by atoms with Gasteiger partial charge < -0.3 is 4.90 Å². The quantitative estimate of drug-likeness (QED) is 0.490. The van der Waals surface area contributed by atoms with Crippen molar-refractivity contribution in [3.63, 3.8) is 0 Å². The number of alkyl halides is 2. The fraction of sp³-hybridized carbons (Fsp3) is 0.214. The number of nitrogens with zero attached hydrogens (tertiary/aromatic N) is 1. The van der Waals surface area contributed by atoms with Crippen LogP contribution in [0.25, 0.3) is 5.57 Å². The second kappa shape index (κ2) is 9.28. The number of amides is 1. The zero-order chi connectivity index (χ0) is 23.7. The first-order valence-corrected chi connectivity index (χ1v) is 12.8. The van der Waals surface area contributed by atoms with E-state index in [4.69, 9.17) is 0 Å². The van der Waals surface area contributed by atoms with Gasteiger partial charge in [0.2, 0.25) is 0 Å². The average molecular weight is 478 g/mol. The number of likely N-dealkylation sites (tertiary alicyclic amines) is 1. The van der Waals surface area contributed by atoms with E-state index >= 15 is 0 Å². The molecule has 0 bridgehead atoms. The fourth-order valence-electron chi connectivity index (χ4n) is 4.61. The first kappa shape index (κ1) is 22.7. The lowest BCUT2D eigenvalue weighted by Gasteiger charge is -2.31. The van der Waals surface area contributed by atoms with Crippen LogP contribution in [-0.4, -0.2) is 35.2 Å². The maximum Gasteiger partial charge on any atom is 0.253 e. The molecule has 34 heavy (non-hydrogen) atoms. The van der Waals surface area contributed by atoms with Crippen molar-refractivity contribution < 1.29 is 17.9 Å². The van der Waals surface area contributed by atoms with Crippen molar-refractivity contribution in [2.24, 2.45) is 0 Å². The lowest BCUT2D eigenvalue weighted by Crippen LogP contribution is -2.95. The summed E-state index contributed by atoms with van der Waals surface area (Å²) >= 11 is 0. The van der Waals surface area contributed by atoms with Crippen LogP contribution in [0.5, 0.6) is 0 Å². The van der Waals surface area contributed by atoms with Crippen LogP contribution in [0.2, 0.25) is 0 Å². The van der Waals surface area contributed by atoms with Crippen LogP contribution in [0.4, 0.5) is 14.5 Å². The SMILES string of the molecule is C/C=S(\c1ccc(C(=O)N2CCC(F)(F)CC2)cc1)[NH+]1C=C(c2ccccc2)c2ccccc21. The Morgan fingerprint density at radius 2 is 1.59 bits per heavy atom. The van der Waals surface area contributed by atoms with Crippen molar-refractivity contribution in [1.29, 1.82) is 0 Å². The van der Waals surface area contributed by atoms with Crippen LogP contribution in [0.15, 0.2) is 90.0 Å². The van der Waals surface area contributed by atoms with Gasteiger partial charge in [0.1, 0.15) is 6.20 Å². The summed E-state index contributed by atoms with van der Waals surface area (Å²) in [5, 5.41) is 2.21. The summed E-state index contributed by atoms with van der Waals surface area (Å²) < 4.78 is 28.2. The summed E-state index contributed by atoms with van der Waals surface area (Å²) in [7, 11) is -0.271. The molecule has 2 unspecified atom stereocenters. The number of nitrogens with one attached hydrogen (secondary N) is 1. The van der Waals surface area contributed by atoms with E-state index in [0.29, 0.717) is 5.56 Å². The van der Waals surface area contributed by atoms with E-state index in [2.05, 4.69) is 67.0 Å². The summed E-state index contributed by atoms with van der Waals surface area (Å²) in [6.45, 7) is 2.27. The van der Waals surface area contributed by atoms with Crippen molar-refractivity contribution in [1.82, 2.24) is 4.90 Å². The Labute approximate surface area is 201 Å². The largest absolute Gasteiger partial charge is 0.338 e. The minimum Gasteiger partial charge on any atom is -0.338 e. The smallest absolute Gasteiger partial charge is 0.253 e. The molecule has 3 nitrogen and oxygen atoms in total. The molecule has 3 aromatic carbocycles. The number of carbonyl (C=O) groups excluding carboxylic acids is 1. The van der Waals surface area contributed by atoms with Crippen molar-refractivity contribution in [2.45, 2.75) is 30.6 Å². The highest BCUT2D eigenvalue weighted by atomic mass is 32.2. The third kappa shape index (κ3) is 4.36. The highest BCUT2D eigenvalue weighted by Gasteiger charge is 2.36. The second-order valence-electron chi connectivity index (χ2n) is 8.58. The maximum atomic E-state index is 13.5. The van der Waals surface area contributed by atoms with Gasteiger partial charge in [-0.05, 0) is 48.2 Å². The summed E-state index contributed by atoms with van der Waals surface area (Å²) in [6, 6.07) is 26.6. The van der Waals surface area contributed by atoms with Crippen LogP contribution in [0, 0.1) is 0 Å². The van der Waals surface area contributed by atoms with Crippen LogP contribution < -0.4 is 4.31 Å².